The van der Waals surface area contributed by atoms with Crippen molar-refractivity contribution >= 4 is 11.3 Å². The van der Waals surface area contributed by atoms with Gasteiger partial charge in [-0.2, -0.15) is 0 Å². The summed E-state index contributed by atoms with van der Waals surface area (Å²) in [7, 11) is 0. The van der Waals surface area contributed by atoms with Crippen molar-refractivity contribution in [1.29, 1.82) is 0 Å². The van der Waals surface area contributed by atoms with Crippen LogP contribution in [0.2, 0.25) is 0 Å². The monoisotopic (exact) mass is 254 g/mol. The third-order valence-electron chi connectivity index (χ3n) is 2.93. The molecule has 0 unspecified atom stereocenters. The number of nitrogens with zero attached hydrogens (tertiary/aromatic N) is 1. The summed E-state index contributed by atoms with van der Waals surface area (Å²) < 4.78 is 0. The highest BCUT2D eigenvalue weighted by atomic mass is 32.1. The van der Waals surface area contributed by atoms with Gasteiger partial charge in [0.15, 0.2) is 0 Å². The zero-order valence-corrected chi connectivity index (χ0v) is 12.1. The Balaban J connectivity index is 1.84. The molecule has 1 aromatic rings. The SMILES string of the molecule is CCCCCCCCCNCc1csc(C)n1. The largest absolute Gasteiger partial charge is 0.311 e. The molecule has 0 atom stereocenters. The fourth-order valence-electron chi connectivity index (χ4n) is 1.91. The molecular formula is C14H26N2S. The second kappa shape index (κ2) is 9.60. The number of rotatable bonds is 10. The van der Waals surface area contributed by atoms with Crippen LogP contribution < -0.4 is 5.32 Å². The lowest BCUT2D eigenvalue weighted by Crippen LogP contribution is -2.14. The highest BCUT2D eigenvalue weighted by Crippen LogP contribution is 2.08. The number of aryl methyl sites for hydroxylation is 1. The maximum Gasteiger partial charge on any atom is 0.0897 e. The second-order valence-corrected chi connectivity index (χ2v) is 5.72. The first kappa shape index (κ1) is 14.7. The molecule has 1 heterocycles. The van der Waals surface area contributed by atoms with Gasteiger partial charge in [0, 0.05) is 11.9 Å². The minimum absolute atomic E-state index is 0.931. The van der Waals surface area contributed by atoms with Gasteiger partial charge in [0.2, 0.25) is 0 Å². The summed E-state index contributed by atoms with van der Waals surface area (Å²) in [4.78, 5) is 4.43. The molecule has 2 nitrogen and oxygen atoms in total. The van der Waals surface area contributed by atoms with Crippen LogP contribution >= 0.6 is 11.3 Å². The molecule has 0 spiro atoms. The Morgan fingerprint density at radius 2 is 1.82 bits per heavy atom. The quantitative estimate of drug-likeness (QED) is 0.630. The van der Waals surface area contributed by atoms with Crippen LogP contribution in [0.3, 0.4) is 0 Å². The molecule has 1 aromatic heterocycles. The predicted molar refractivity (Wildman–Crippen MR) is 76.6 cm³/mol. The van der Waals surface area contributed by atoms with Gasteiger partial charge in [-0.25, -0.2) is 4.98 Å². The van der Waals surface area contributed by atoms with Crippen molar-refractivity contribution in [3.8, 4) is 0 Å². The van der Waals surface area contributed by atoms with Gasteiger partial charge in [0.1, 0.15) is 0 Å². The summed E-state index contributed by atoms with van der Waals surface area (Å²) in [5.74, 6) is 0. The first-order valence-electron chi connectivity index (χ1n) is 6.94. The summed E-state index contributed by atoms with van der Waals surface area (Å²) in [5.41, 5.74) is 1.19. The summed E-state index contributed by atoms with van der Waals surface area (Å²) in [5, 5.41) is 6.77. The summed E-state index contributed by atoms with van der Waals surface area (Å²) in [6, 6.07) is 0. The van der Waals surface area contributed by atoms with Gasteiger partial charge >= 0.3 is 0 Å². The third-order valence-corrected chi connectivity index (χ3v) is 3.75. The fourth-order valence-corrected chi connectivity index (χ4v) is 2.53. The number of hydrogen-bond acceptors (Lipinski definition) is 3. The maximum absolute atomic E-state index is 4.43. The standard InChI is InChI=1S/C14H26N2S/c1-3-4-5-6-7-8-9-10-15-11-14-12-17-13(2)16-14/h12,15H,3-11H2,1-2H3. The molecule has 98 valence electrons. The summed E-state index contributed by atoms with van der Waals surface area (Å²) in [6.07, 6.45) is 9.65. The molecule has 0 aliphatic rings. The first-order valence-corrected chi connectivity index (χ1v) is 7.82. The molecule has 0 bridgehead atoms. The van der Waals surface area contributed by atoms with E-state index in [2.05, 4.69) is 29.5 Å². The van der Waals surface area contributed by atoms with Gasteiger partial charge in [0.05, 0.1) is 10.7 Å². The maximum atomic E-state index is 4.43. The number of thiazole rings is 1. The van der Waals surface area contributed by atoms with E-state index < -0.39 is 0 Å². The Bertz CT molecular complexity index is 284. The van der Waals surface area contributed by atoms with E-state index in [-0.39, 0.29) is 0 Å². The summed E-state index contributed by atoms with van der Waals surface area (Å²) >= 11 is 1.73. The van der Waals surface area contributed by atoms with Gasteiger partial charge in [-0.15, -0.1) is 11.3 Å². The van der Waals surface area contributed by atoms with Crippen LogP contribution in [0, 0.1) is 6.92 Å². The van der Waals surface area contributed by atoms with Gasteiger partial charge in [0.25, 0.3) is 0 Å². The average molecular weight is 254 g/mol. The molecule has 0 saturated carbocycles. The Morgan fingerprint density at radius 3 is 2.47 bits per heavy atom. The smallest absolute Gasteiger partial charge is 0.0897 e. The van der Waals surface area contributed by atoms with Crippen molar-refractivity contribution in [2.75, 3.05) is 6.54 Å². The van der Waals surface area contributed by atoms with Crippen LogP contribution in [0.15, 0.2) is 5.38 Å². The van der Waals surface area contributed by atoms with E-state index in [9.17, 15) is 0 Å². The van der Waals surface area contributed by atoms with Crippen molar-refractivity contribution in [3.05, 3.63) is 16.1 Å². The minimum Gasteiger partial charge on any atom is -0.311 e. The van der Waals surface area contributed by atoms with Crippen LogP contribution in [0.25, 0.3) is 0 Å². The van der Waals surface area contributed by atoms with E-state index in [4.69, 9.17) is 0 Å². The first-order chi connectivity index (χ1) is 8.33. The fraction of sp³-hybridized carbons (Fsp3) is 0.786. The highest BCUT2D eigenvalue weighted by Gasteiger charge is 1.97. The van der Waals surface area contributed by atoms with Gasteiger partial charge in [-0.3, -0.25) is 0 Å². The molecule has 0 fully saturated rings. The normalized spacial score (nSPS) is 10.9. The molecule has 3 heteroatoms. The molecule has 0 aromatic carbocycles. The molecule has 0 aliphatic carbocycles. The zero-order chi connectivity index (χ0) is 12.3. The number of unbranched alkanes of at least 4 members (excludes halogenated alkanes) is 6. The molecule has 0 saturated heterocycles. The van der Waals surface area contributed by atoms with E-state index in [1.807, 2.05) is 0 Å². The Labute approximate surface area is 110 Å². The highest BCUT2D eigenvalue weighted by molar-refractivity contribution is 7.09. The predicted octanol–water partition coefficient (Wildman–Crippen LogP) is 4.29. The molecule has 1 rings (SSSR count). The molecule has 0 amide bonds. The van der Waals surface area contributed by atoms with Crippen LogP contribution in [0.1, 0.15) is 62.6 Å². The van der Waals surface area contributed by atoms with Crippen molar-refractivity contribution in [2.24, 2.45) is 0 Å². The molecule has 0 radical (unpaired) electrons. The molecule has 1 N–H and O–H groups in total. The Kier molecular flexibility index (Phi) is 8.28. The average Bonchev–Trinajstić information content (AvgIpc) is 2.73. The summed E-state index contributed by atoms with van der Waals surface area (Å²) in [6.45, 7) is 6.39. The number of nitrogens with one attached hydrogen (secondary N) is 1. The topological polar surface area (TPSA) is 24.9 Å². The zero-order valence-electron chi connectivity index (χ0n) is 11.3. The van der Waals surface area contributed by atoms with Crippen LogP contribution in [0.5, 0.6) is 0 Å². The minimum atomic E-state index is 0.931. The Hall–Kier alpha value is -0.410. The van der Waals surface area contributed by atoms with Crippen molar-refractivity contribution < 1.29 is 0 Å². The van der Waals surface area contributed by atoms with E-state index >= 15 is 0 Å². The van der Waals surface area contributed by atoms with Gasteiger partial charge < -0.3 is 5.32 Å². The van der Waals surface area contributed by atoms with Crippen LogP contribution in [0.4, 0.5) is 0 Å². The van der Waals surface area contributed by atoms with Gasteiger partial charge in [-0.05, 0) is 19.9 Å². The Morgan fingerprint density at radius 1 is 1.12 bits per heavy atom. The van der Waals surface area contributed by atoms with Gasteiger partial charge in [-0.1, -0.05) is 45.4 Å². The number of hydrogen-bond donors (Lipinski definition) is 1. The van der Waals surface area contributed by atoms with Crippen molar-refractivity contribution in [2.45, 2.75) is 65.3 Å². The van der Waals surface area contributed by atoms with Crippen LogP contribution in [-0.2, 0) is 6.54 Å². The molecule has 0 aliphatic heterocycles. The van der Waals surface area contributed by atoms with Crippen LogP contribution in [-0.4, -0.2) is 11.5 Å². The third kappa shape index (κ3) is 7.50. The van der Waals surface area contributed by atoms with E-state index in [0.717, 1.165) is 18.1 Å². The van der Waals surface area contributed by atoms with Crippen molar-refractivity contribution in [3.63, 3.8) is 0 Å². The van der Waals surface area contributed by atoms with E-state index in [1.54, 1.807) is 11.3 Å². The van der Waals surface area contributed by atoms with E-state index in [1.165, 1.54) is 50.6 Å². The molecule has 17 heavy (non-hydrogen) atoms. The van der Waals surface area contributed by atoms with E-state index in [0.29, 0.717) is 0 Å². The lowest BCUT2D eigenvalue weighted by atomic mass is 10.1. The lowest BCUT2D eigenvalue weighted by Gasteiger charge is -2.03. The molecular weight excluding hydrogens is 228 g/mol. The lowest BCUT2D eigenvalue weighted by molar-refractivity contribution is 0.561. The number of aromatic nitrogens is 1. The second-order valence-electron chi connectivity index (χ2n) is 4.66. The van der Waals surface area contributed by atoms with Crippen molar-refractivity contribution in [1.82, 2.24) is 10.3 Å².